The summed E-state index contributed by atoms with van der Waals surface area (Å²) in [6.07, 6.45) is 3.17. The number of amides is 1. The highest BCUT2D eigenvalue weighted by molar-refractivity contribution is 5.80. The molecule has 3 aliphatic heterocycles. The molecule has 1 atom stereocenters. The van der Waals surface area contributed by atoms with Crippen molar-refractivity contribution in [3.63, 3.8) is 0 Å². The molecule has 3 fully saturated rings. The van der Waals surface area contributed by atoms with E-state index in [4.69, 9.17) is 9.47 Å². The van der Waals surface area contributed by atoms with Crippen LogP contribution < -0.4 is 0 Å². The van der Waals surface area contributed by atoms with Crippen molar-refractivity contribution in [3.8, 4) is 0 Å². The summed E-state index contributed by atoms with van der Waals surface area (Å²) in [6, 6.07) is 1.19. The first-order chi connectivity index (χ1) is 9.79. The molecule has 5 nitrogen and oxygen atoms in total. The Balaban J connectivity index is 1.49. The number of nitrogens with zero attached hydrogens (tertiary/aromatic N) is 2. The van der Waals surface area contributed by atoms with Gasteiger partial charge in [0.25, 0.3) is 0 Å². The van der Waals surface area contributed by atoms with Crippen molar-refractivity contribution in [2.75, 3.05) is 46.1 Å². The minimum Gasteiger partial charge on any atom is -0.381 e. The SMILES string of the molecule is CCN(C1CCOCC1)C1CN(C(=O)C2CCOC2)C1. The molecular formula is C15H26N2O3. The Kier molecular flexibility index (Phi) is 4.58. The quantitative estimate of drug-likeness (QED) is 0.762. The third kappa shape index (κ3) is 2.85. The molecule has 1 unspecified atom stereocenters. The van der Waals surface area contributed by atoms with Gasteiger partial charge in [0.05, 0.1) is 12.5 Å². The average Bonchev–Trinajstić information content (AvgIpc) is 2.96. The first-order valence-electron chi connectivity index (χ1n) is 7.99. The zero-order chi connectivity index (χ0) is 13.9. The highest BCUT2D eigenvalue weighted by Gasteiger charge is 2.40. The molecule has 0 saturated carbocycles. The van der Waals surface area contributed by atoms with Crippen LogP contribution in [0.1, 0.15) is 26.2 Å². The van der Waals surface area contributed by atoms with Gasteiger partial charge in [-0.05, 0) is 25.8 Å². The molecular weight excluding hydrogens is 256 g/mol. The maximum absolute atomic E-state index is 12.3. The molecule has 5 heteroatoms. The summed E-state index contributed by atoms with van der Waals surface area (Å²) in [4.78, 5) is 16.9. The van der Waals surface area contributed by atoms with E-state index in [0.717, 1.165) is 58.7 Å². The second-order valence-electron chi connectivity index (χ2n) is 6.13. The van der Waals surface area contributed by atoms with E-state index in [1.807, 2.05) is 4.90 Å². The summed E-state index contributed by atoms with van der Waals surface area (Å²) in [5.41, 5.74) is 0. The van der Waals surface area contributed by atoms with E-state index in [2.05, 4.69) is 11.8 Å². The number of carbonyl (C=O) groups excluding carboxylic acids is 1. The Bertz CT molecular complexity index is 332. The van der Waals surface area contributed by atoms with E-state index in [1.165, 1.54) is 0 Å². The minimum atomic E-state index is 0.120. The smallest absolute Gasteiger partial charge is 0.228 e. The molecule has 3 rings (SSSR count). The normalized spacial score (nSPS) is 28.9. The molecule has 114 valence electrons. The number of hydrogen-bond donors (Lipinski definition) is 0. The van der Waals surface area contributed by atoms with Gasteiger partial charge in [-0.15, -0.1) is 0 Å². The van der Waals surface area contributed by atoms with Crippen molar-refractivity contribution in [3.05, 3.63) is 0 Å². The van der Waals surface area contributed by atoms with E-state index >= 15 is 0 Å². The van der Waals surface area contributed by atoms with Crippen molar-refractivity contribution in [2.45, 2.75) is 38.3 Å². The molecule has 0 N–H and O–H groups in total. The first kappa shape index (κ1) is 14.3. The number of carbonyl (C=O) groups is 1. The fourth-order valence-electron chi connectivity index (χ4n) is 3.66. The molecule has 0 aromatic carbocycles. The van der Waals surface area contributed by atoms with E-state index in [9.17, 15) is 4.79 Å². The minimum absolute atomic E-state index is 0.120. The predicted molar refractivity (Wildman–Crippen MR) is 75.5 cm³/mol. The second-order valence-corrected chi connectivity index (χ2v) is 6.13. The Morgan fingerprint density at radius 3 is 2.40 bits per heavy atom. The van der Waals surface area contributed by atoms with Gasteiger partial charge in [-0.2, -0.15) is 0 Å². The summed E-state index contributed by atoms with van der Waals surface area (Å²) in [6.45, 7) is 8.25. The van der Waals surface area contributed by atoms with Crippen LogP contribution in [0.2, 0.25) is 0 Å². The lowest BCUT2D eigenvalue weighted by atomic mass is 9.98. The maximum atomic E-state index is 12.3. The zero-order valence-electron chi connectivity index (χ0n) is 12.4. The van der Waals surface area contributed by atoms with Gasteiger partial charge >= 0.3 is 0 Å². The van der Waals surface area contributed by atoms with Crippen molar-refractivity contribution in [1.82, 2.24) is 9.80 Å². The van der Waals surface area contributed by atoms with Gasteiger partial charge in [-0.25, -0.2) is 0 Å². The van der Waals surface area contributed by atoms with E-state index in [-0.39, 0.29) is 5.92 Å². The molecule has 0 bridgehead atoms. The van der Waals surface area contributed by atoms with Crippen LogP contribution in [-0.4, -0.2) is 73.9 Å². The fraction of sp³-hybridized carbons (Fsp3) is 0.933. The third-order valence-corrected chi connectivity index (χ3v) is 4.95. The van der Waals surface area contributed by atoms with Crippen molar-refractivity contribution in [1.29, 1.82) is 0 Å². The van der Waals surface area contributed by atoms with Gasteiger partial charge in [0, 0.05) is 45.0 Å². The van der Waals surface area contributed by atoms with Crippen LogP contribution in [0.25, 0.3) is 0 Å². The largest absolute Gasteiger partial charge is 0.381 e. The topological polar surface area (TPSA) is 42.0 Å². The maximum Gasteiger partial charge on any atom is 0.228 e. The summed E-state index contributed by atoms with van der Waals surface area (Å²) in [5, 5.41) is 0. The number of likely N-dealkylation sites (N-methyl/N-ethyl adjacent to an activating group) is 1. The lowest BCUT2D eigenvalue weighted by molar-refractivity contribution is -0.144. The van der Waals surface area contributed by atoms with Crippen LogP contribution in [0.3, 0.4) is 0 Å². The number of ether oxygens (including phenoxy) is 2. The van der Waals surface area contributed by atoms with E-state index in [0.29, 0.717) is 24.6 Å². The predicted octanol–water partition coefficient (Wildman–Crippen LogP) is 0.735. The summed E-state index contributed by atoms with van der Waals surface area (Å²) < 4.78 is 10.8. The van der Waals surface area contributed by atoms with Gasteiger partial charge in [0.2, 0.25) is 5.91 Å². The Morgan fingerprint density at radius 1 is 1.10 bits per heavy atom. The lowest BCUT2D eigenvalue weighted by Crippen LogP contribution is -2.64. The van der Waals surface area contributed by atoms with Gasteiger partial charge in [0.15, 0.2) is 0 Å². The van der Waals surface area contributed by atoms with Crippen LogP contribution in [0.5, 0.6) is 0 Å². The molecule has 3 aliphatic rings. The van der Waals surface area contributed by atoms with Crippen LogP contribution in [0, 0.1) is 5.92 Å². The summed E-state index contributed by atoms with van der Waals surface area (Å²) in [7, 11) is 0. The monoisotopic (exact) mass is 282 g/mol. The van der Waals surface area contributed by atoms with Gasteiger partial charge in [0.1, 0.15) is 0 Å². The standard InChI is InChI=1S/C15H26N2O3/c1-2-17(13-4-7-19-8-5-13)14-9-16(10-14)15(18)12-3-6-20-11-12/h12-14H,2-11H2,1H3. The molecule has 0 aromatic heterocycles. The molecule has 20 heavy (non-hydrogen) atoms. The number of hydrogen-bond acceptors (Lipinski definition) is 4. The van der Waals surface area contributed by atoms with Crippen LogP contribution >= 0.6 is 0 Å². The highest BCUT2D eigenvalue weighted by atomic mass is 16.5. The number of likely N-dealkylation sites (tertiary alicyclic amines) is 1. The Morgan fingerprint density at radius 2 is 1.80 bits per heavy atom. The zero-order valence-corrected chi connectivity index (χ0v) is 12.4. The van der Waals surface area contributed by atoms with Crippen LogP contribution in [0.4, 0.5) is 0 Å². The average molecular weight is 282 g/mol. The molecule has 0 radical (unpaired) electrons. The molecule has 3 heterocycles. The fourth-order valence-corrected chi connectivity index (χ4v) is 3.66. The molecule has 1 amide bonds. The molecule has 0 spiro atoms. The van der Waals surface area contributed by atoms with Gasteiger partial charge in [-0.1, -0.05) is 6.92 Å². The highest BCUT2D eigenvalue weighted by Crippen LogP contribution is 2.25. The van der Waals surface area contributed by atoms with Crippen molar-refractivity contribution in [2.24, 2.45) is 5.92 Å². The Labute approximate surface area is 121 Å². The first-order valence-corrected chi connectivity index (χ1v) is 7.99. The summed E-state index contributed by atoms with van der Waals surface area (Å²) >= 11 is 0. The van der Waals surface area contributed by atoms with E-state index < -0.39 is 0 Å². The summed E-state index contributed by atoms with van der Waals surface area (Å²) in [5.74, 6) is 0.427. The van der Waals surface area contributed by atoms with Crippen LogP contribution in [0.15, 0.2) is 0 Å². The molecule has 0 aromatic rings. The lowest BCUT2D eigenvalue weighted by Gasteiger charge is -2.49. The Hall–Kier alpha value is -0.650. The van der Waals surface area contributed by atoms with Gasteiger partial charge < -0.3 is 14.4 Å². The second kappa shape index (κ2) is 6.41. The molecule has 0 aliphatic carbocycles. The van der Waals surface area contributed by atoms with Gasteiger partial charge in [-0.3, -0.25) is 9.69 Å². The van der Waals surface area contributed by atoms with Crippen LogP contribution in [-0.2, 0) is 14.3 Å². The van der Waals surface area contributed by atoms with E-state index in [1.54, 1.807) is 0 Å². The number of rotatable bonds is 4. The van der Waals surface area contributed by atoms with Crippen molar-refractivity contribution < 1.29 is 14.3 Å². The molecule has 3 saturated heterocycles. The van der Waals surface area contributed by atoms with Crippen molar-refractivity contribution >= 4 is 5.91 Å². The third-order valence-electron chi connectivity index (χ3n) is 4.95.